The number of halogens is 2. The summed E-state index contributed by atoms with van der Waals surface area (Å²) in [7, 11) is 2.20. The fourth-order valence-electron chi connectivity index (χ4n) is 4.09. The zero-order valence-electron chi connectivity index (χ0n) is 17.1. The van der Waals surface area contributed by atoms with E-state index in [9.17, 15) is 4.39 Å². The van der Waals surface area contributed by atoms with Crippen molar-refractivity contribution in [1.29, 1.82) is 0 Å². The van der Waals surface area contributed by atoms with Crippen LogP contribution in [-0.2, 0) is 6.54 Å². The lowest BCUT2D eigenvalue weighted by atomic mass is 9.99. The van der Waals surface area contributed by atoms with Crippen molar-refractivity contribution >= 4 is 17.6 Å². The van der Waals surface area contributed by atoms with Gasteiger partial charge in [0.1, 0.15) is 5.82 Å². The van der Waals surface area contributed by atoms with Crippen LogP contribution in [0.4, 0.5) is 4.39 Å². The Morgan fingerprint density at radius 2 is 2.04 bits per heavy atom. The first-order valence-corrected chi connectivity index (χ1v) is 10.8. The van der Waals surface area contributed by atoms with Gasteiger partial charge >= 0.3 is 0 Å². The van der Waals surface area contributed by atoms with Gasteiger partial charge in [-0.05, 0) is 51.4 Å². The normalized spacial score (nSPS) is 22.5. The van der Waals surface area contributed by atoms with Crippen LogP contribution >= 0.6 is 11.6 Å². The molecule has 2 heterocycles. The standard InChI is InChI=1S/C21H33ClFN5/c1-3-24-21(25-14-17-6-5-9-26(2)15-17)28-12-10-27(11-13-28)16-18-19(22)7-4-8-20(18)23/h4,7-8,17H,3,5-6,9-16H2,1-2H3,(H,24,25). The number of nitrogens with zero attached hydrogens (tertiary/aromatic N) is 4. The van der Waals surface area contributed by atoms with Crippen LogP contribution in [0.15, 0.2) is 23.2 Å². The Labute approximate surface area is 173 Å². The first-order valence-electron chi connectivity index (χ1n) is 10.4. The molecular weight excluding hydrogens is 377 g/mol. The first kappa shape index (κ1) is 21.3. The van der Waals surface area contributed by atoms with E-state index in [4.69, 9.17) is 16.6 Å². The maximum absolute atomic E-state index is 14.1. The SMILES string of the molecule is CCNC(=NCC1CCCN(C)C1)N1CCN(Cc2c(F)cccc2Cl)CC1. The lowest BCUT2D eigenvalue weighted by Crippen LogP contribution is -2.52. The Kier molecular flexibility index (Phi) is 7.94. The van der Waals surface area contributed by atoms with E-state index < -0.39 is 0 Å². The zero-order valence-corrected chi connectivity index (χ0v) is 17.9. The highest BCUT2D eigenvalue weighted by Crippen LogP contribution is 2.21. The maximum Gasteiger partial charge on any atom is 0.194 e. The van der Waals surface area contributed by atoms with Crippen molar-refractivity contribution in [2.75, 3.05) is 59.4 Å². The summed E-state index contributed by atoms with van der Waals surface area (Å²) in [6.45, 7) is 10.3. The molecule has 1 N–H and O–H groups in total. The minimum Gasteiger partial charge on any atom is -0.357 e. The van der Waals surface area contributed by atoms with E-state index >= 15 is 0 Å². The lowest BCUT2D eigenvalue weighted by molar-refractivity contribution is 0.170. The molecule has 0 saturated carbocycles. The molecule has 3 rings (SSSR count). The molecule has 7 heteroatoms. The van der Waals surface area contributed by atoms with Crippen LogP contribution in [0, 0.1) is 11.7 Å². The Morgan fingerprint density at radius 1 is 1.25 bits per heavy atom. The third-order valence-electron chi connectivity index (χ3n) is 5.67. The Morgan fingerprint density at radius 3 is 2.71 bits per heavy atom. The average Bonchev–Trinajstić information content (AvgIpc) is 2.69. The van der Waals surface area contributed by atoms with Crippen molar-refractivity contribution in [2.24, 2.45) is 10.9 Å². The number of aliphatic imine (C=N–C) groups is 1. The van der Waals surface area contributed by atoms with Crippen LogP contribution in [0.1, 0.15) is 25.3 Å². The molecule has 5 nitrogen and oxygen atoms in total. The fraction of sp³-hybridized carbons (Fsp3) is 0.667. The van der Waals surface area contributed by atoms with Crippen molar-refractivity contribution in [1.82, 2.24) is 20.0 Å². The van der Waals surface area contributed by atoms with Gasteiger partial charge in [0.25, 0.3) is 0 Å². The Bertz CT molecular complexity index is 640. The predicted molar refractivity (Wildman–Crippen MR) is 114 cm³/mol. The highest BCUT2D eigenvalue weighted by Gasteiger charge is 2.22. The summed E-state index contributed by atoms with van der Waals surface area (Å²) in [5, 5.41) is 3.96. The van der Waals surface area contributed by atoms with Gasteiger partial charge in [0.15, 0.2) is 5.96 Å². The van der Waals surface area contributed by atoms with Crippen LogP contribution in [0.3, 0.4) is 0 Å². The number of hydrogen-bond donors (Lipinski definition) is 1. The van der Waals surface area contributed by atoms with Gasteiger partial charge in [0.2, 0.25) is 0 Å². The number of likely N-dealkylation sites (tertiary alicyclic amines) is 1. The van der Waals surface area contributed by atoms with Crippen LogP contribution in [0.2, 0.25) is 5.02 Å². The van der Waals surface area contributed by atoms with Gasteiger partial charge in [-0.2, -0.15) is 0 Å². The Balaban J connectivity index is 1.54. The molecule has 0 spiro atoms. The molecule has 1 unspecified atom stereocenters. The van der Waals surface area contributed by atoms with Crippen LogP contribution in [0.25, 0.3) is 0 Å². The van der Waals surface area contributed by atoms with E-state index in [2.05, 4.69) is 34.0 Å². The topological polar surface area (TPSA) is 34.1 Å². The summed E-state index contributed by atoms with van der Waals surface area (Å²) in [4.78, 5) is 11.9. The minimum atomic E-state index is -0.220. The van der Waals surface area contributed by atoms with E-state index in [0.29, 0.717) is 23.0 Å². The van der Waals surface area contributed by atoms with Crippen LogP contribution < -0.4 is 5.32 Å². The number of nitrogens with one attached hydrogen (secondary N) is 1. The number of rotatable bonds is 5. The number of guanidine groups is 1. The molecule has 1 atom stereocenters. The third kappa shape index (κ3) is 5.82. The van der Waals surface area contributed by atoms with Crippen molar-refractivity contribution in [3.8, 4) is 0 Å². The molecule has 1 aromatic rings. The first-order chi connectivity index (χ1) is 13.6. The molecule has 2 aliphatic heterocycles. The largest absolute Gasteiger partial charge is 0.357 e. The Hall–Kier alpha value is -1.37. The summed E-state index contributed by atoms with van der Waals surface area (Å²) in [5.74, 6) is 1.44. The average molecular weight is 410 g/mol. The summed E-state index contributed by atoms with van der Waals surface area (Å²) in [5.41, 5.74) is 0.597. The summed E-state index contributed by atoms with van der Waals surface area (Å²) in [6.07, 6.45) is 2.54. The quantitative estimate of drug-likeness (QED) is 0.599. The molecule has 2 aliphatic rings. The number of benzene rings is 1. The van der Waals surface area contributed by atoms with Gasteiger partial charge in [0.05, 0.1) is 0 Å². The van der Waals surface area contributed by atoms with Gasteiger partial charge in [-0.15, -0.1) is 0 Å². The van der Waals surface area contributed by atoms with Crippen LogP contribution in [-0.4, -0.2) is 80.1 Å². The number of piperazine rings is 1. The van der Waals surface area contributed by atoms with E-state index in [1.54, 1.807) is 12.1 Å². The molecule has 2 fully saturated rings. The van der Waals surface area contributed by atoms with Crippen molar-refractivity contribution < 1.29 is 4.39 Å². The second-order valence-corrected chi connectivity index (χ2v) is 8.34. The molecule has 28 heavy (non-hydrogen) atoms. The van der Waals surface area contributed by atoms with E-state index in [1.807, 2.05) is 0 Å². The molecule has 0 aromatic heterocycles. The van der Waals surface area contributed by atoms with E-state index in [0.717, 1.165) is 51.8 Å². The maximum atomic E-state index is 14.1. The lowest BCUT2D eigenvalue weighted by Gasteiger charge is -2.37. The summed E-state index contributed by atoms with van der Waals surface area (Å²) >= 11 is 6.18. The highest BCUT2D eigenvalue weighted by molar-refractivity contribution is 6.31. The zero-order chi connectivity index (χ0) is 19.9. The van der Waals surface area contributed by atoms with Gasteiger partial charge in [0, 0.05) is 62.9 Å². The van der Waals surface area contributed by atoms with E-state index in [-0.39, 0.29) is 5.82 Å². The van der Waals surface area contributed by atoms with Crippen molar-refractivity contribution in [3.05, 3.63) is 34.6 Å². The second kappa shape index (κ2) is 10.4. The summed E-state index contributed by atoms with van der Waals surface area (Å²) in [6, 6.07) is 4.90. The molecule has 156 valence electrons. The monoisotopic (exact) mass is 409 g/mol. The summed E-state index contributed by atoms with van der Waals surface area (Å²) < 4.78 is 14.1. The van der Waals surface area contributed by atoms with Gasteiger partial charge in [-0.1, -0.05) is 17.7 Å². The van der Waals surface area contributed by atoms with Gasteiger partial charge in [-0.25, -0.2) is 4.39 Å². The molecule has 0 radical (unpaired) electrons. The van der Waals surface area contributed by atoms with Crippen LogP contribution in [0.5, 0.6) is 0 Å². The predicted octanol–water partition coefficient (Wildman–Crippen LogP) is 2.90. The molecular formula is C21H33ClFN5. The third-order valence-corrected chi connectivity index (χ3v) is 6.03. The number of hydrogen-bond acceptors (Lipinski definition) is 3. The molecule has 0 aliphatic carbocycles. The van der Waals surface area contributed by atoms with Gasteiger partial charge in [-0.3, -0.25) is 9.89 Å². The molecule has 0 bridgehead atoms. The second-order valence-electron chi connectivity index (χ2n) is 7.93. The molecule has 2 saturated heterocycles. The van der Waals surface area contributed by atoms with E-state index in [1.165, 1.54) is 25.5 Å². The molecule has 0 amide bonds. The number of piperidine rings is 1. The minimum absolute atomic E-state index is 0.220. The fourth-order valence-corrected chi connectivity index (χ4v) is 4.31. The smallest absolute Gasteiger partial charge is 0.194 e. The molecule has 1 aromatic carbocycles. The van der Waals surface area contributed by atoms with Crippen molar-refractivity contribution in [3.63, 3.8) is 0 Å². The van der Waals surface area contributed by atoms with Gasteiger partial charge < -0.3 is 15.1 Å². The highest BCUT2D eigenvalue weighted by atomic mass is 35.5. The van der Waals surface area contributed by atoms with Crippen molar-refractivity contribution in [2.45, 2.75) is 26.3 Å².